The summed E-state index contributed by atoms with van der Waals surface area (Å²) < 4.78 is 3.91. The van der Waals surface area contributed by atoms with Crippen molar-refractivity contribution < 1.29 is 14.7 Å². The monoisotopic (exact) mass is 489 g/mol. The molecule has 31 heavy (non-hydrogen) atoms. The number of aliphatic hydroxyl groups is 1. The van der Waals surface area contributed by atoms with Crippen LogP contribution in [0.25, 0.3) is 10.2 Å². The number of amides is 1. The summed E-state index contributed by atoms with van der Waals surface area (Å²) in [4.78, 5) is 48.8. The van der Waals surface area contributed by atoms with Crippen LogP contribution in [-0.2, 0) is 31.6 Å². The van der Waals surface area contributed by atoms with E-state index in [9.17, 15) is 19.5 Å². The van der Waals surface area contributed by atoms with Gasteiger partial charge in [-0.2, -0.15) is 0 Å². The lowest BCUT2D eigenvalue weighted by molar-refractivity contribution is -0.0756. The first kappa shape index (κ1) is 23.5. The van der Waals surface area contributed by atoms with Gasteiger partial charge in [0.2, 0.25) is 0 Å². The number of carbonyl (C=O) groups excluding carboxylic acids is 1. The zero-order valence-electron chi connectivity index (χ0n) is 17.3. The number of fused-ring (bicyclic) bond motifs is 1. The average molecular weight is 490 g/mol. The second kappa shape index (κ2) is 9.13. The predicted octanol–water partition coefficient (Wildman–Crippen LogP) is 1.85. The van der Waals surface area contributed by atoms with Gasteiger partial charge in [0.1, 0.15) is 22.4 Å². The van der Waals surface area contributed by atoms with Crippen LogP contribution in [0.4, 0.5) is 0 Å². The van der Waals surface area contributed by atoms with Crippen LogP contribution in [-0.4, -0.2) is 48.9 Å². The van der Waals surface area contributed by atoms with Gasteiger partial charge in [-0.25, -0.2) is 14.8 Å². The molecule has 0 unspecified atom stereocenters. The first-order chi connectivity index (χ1) is 14.7. The van der Waals surface area contributed by atoms with Crippen LogP contribution in [0.2, 0.25) is 10.3 Å². The van der Waals surface area contributed by atoms with E-state index in [4.69, 9.17) is 28.0 Å². The molecule has 0 aliphatic carbocycles. The summed E-state index contributed by atoms with van der Waals surface area (Å²) in [6.07, 6.45) is 0.652. The van der Waals surface area contributed by atoms with Crippen LogP contribution in [0.3, 0.4) is 0 Å². The molecular formula is C18H21Cl2N5O5S. The Morgan fingerprint density at radius 1 is 1.29 bits per heavy atom. The van der Waals surface area contributed by atoms with Gasteiger partial charge in [-0.1, -0.05) is 30.1 Å². The molecule has 168 valence electrons. The van der Waals surface area contributed by atoms with Gasteiger partial charge in [0.05, 0.1) is 24.6 Å². The molecule has 1 N–H and O–H groups in total. The highest BCUT2D eigenvalue weighted by Gasteiger charge is 2.28. The van der Waals surface area contributed by atoms with Gasteiger partial charge in [0.15, 0.2) is 5.15 Å². The van der Waals surface area contributed by atoms with Crippen molar-refractivity contribution in [3.05, 3.63) is 47.4 Å². The van der Waals surface area contributed by atoms with E-state index in [2.05, 4.69) is 4.98 Å². The number of carbonyl (C=O) groups is 1. The smallest absolute Gasteiger partial charge is 0.331 e. The van der Waals surface area contributed by atoms with Crippen LogP contribution in [0.15, 0.2) is 9.59 Å². The summed E-state index contributed by atoms with van der Waals surface area (Å²) in [6, 6.07) is 0. The number of aromatic nitrogens is 4. The minimum absolute atomic E-state index is 0.00696. The third-order valence-electron chi connectivity index (χ3n) is 4.85. The van der Waals surface area contributed by atoms with Gasteiger partial charge in [-0.05, 0) is 6.42 Å². The Morgan fingerprint density at radius 2 is 1.97 bits per heavy atom. The highest BCUT2D eigenvalue weighted by atomic mass is 35.5. The van der Waals surface area contributed by atoms with Gasteiger partial charge < -0.3 is 9.67 Å². The molecule has 0 saturated heterocycles. The number of rotatable bonds is 7. The zero-order chi connectivity index (χ0) is 23.0. The lowest BCUT2D eigenvalue weighted by Gasteiger charge is -2.15. The number of aryl methyl sites for hydroxylation is 1. The van der Waals surface area contributed by atoms with Gasteiger partial charge >= 0.3 is 5.69 Å². The molecule has 10 nitrogen and oxygen atoms in total. The predicted molar refractivity (Wildman–Crippen MR) is 118 cm³/mol. The minimum atomic E-state index is -0.583. The standard InChI is InChI=1S/C18H21Cl2N5O5S/c1-5-6-24-17-12(15(27)22(2)18(24)29)11(16(28)23(3)30-4)9(31-17)7-25-10(8-26)21-13(19)14(25)20/h26H,5-8H2,1-4H3. The molecule has 0 aliphatic rings. The average Bonchev–Trinajstić information content (AvgIpc) is 3.26. The van der Waals surface area contributed by atoms with E-state index in [0.29, 0.717) is 22.7 Å². The number of nitrogens with zero attached hydrogens (tertiary/aromatic N) is 5. The molecular weight excluding hydrogens is 469 g/mol. The Morgan fingerprint density at radius 3 is 2.55 bits per heavy atom. The number of halogens is 2. The Balaban J connectivity index is 2.39. The maximum Gasteiger partial charge on any atom is 0.331 e. The lowest BCUT2D eigenvalue weighted by atomic mass is 10.1. The molecule has 0 spiro atoms. The summed E-state index contributed by atoms with van der Waals surface area (Å²) in [5.74, 6) is -0.361. The number of hydroxylamine groups is 2. The Labute approximate surface area is 190 Å². The van der Waals surface area contributed by atoms with Crippen LogP contribution >= 0.6 is 34.5 Å². The lowest BCUT2D eigenvalue weighted by Crippen LogP contribution is -2.38. The quantitative estimate of drug-likeness (QED) is 0.506. The Hall–Kier alpha value is -2.18. The zero-order valence-corrected chi connectivity index (χ0v) is 19.6. The maximum absolute atomic E-state index is 13.2. The van der Waals surface area contributed by atoms with Gasteiger partial charge in [0.25, 0.3) is 11.5 Å². The maximum atomic E-state index is 13.2. The fourth-order valence-corrected chi connectivity index (χ4v) is 4.93. The molecule has 0 saturated carbocycles. The molecule has 0 radical (unpaired) electrons. The van der Waals surface area contributed by atoms with Crippen molar-refractivity contribution in [2.75, 3.05) is 14.2 Å². The molecule has 0 bridgehead atoms. The first-order valence-corrected chi connectivity index (χ1v) is 10.8. The molecule has 0 fully saturated rings. The van der Waals surface area contributed by atoms with E-state index < -0.39 is 23.8 Å². The van der Waals surface area contributed by atoms with Crippen molar-refractivity contribution in [2.45, 2.75) is 33.0 Å². The molecule has 3 aromatic heterocycles. The van der Waals surface area contributed by atoms with Crippen LogP contribution in [0, 0.1) is 0 Å². The number of imidazole rings is 1. The SMILES string of the molecule is CCCn1c(=O)n(C)c(=O)c2c(C(=O)N(C)OC)c(Cn3c(CO)nc(Cl)c3Cl)sc21. The molecule has 3 heterocycles. The van der Waals surface area contributed by atoms with Crippen molar-refractivity contribution in [1.29, 1.82) is 0 Å². The van der Waals surface area contributed by atoms with Crippen molar-refractivity contribution in [2.24, 2.45) is 7.05 Å². The summed E-state index contributed by atoms with van der Waals surface area (Å²) in [7, 11) is 4.12. The Kier molecular flexibility index (Phi) is 6.92. The van der Waals surface area contributed by atoms with E-state index in [0.717, 1.165) is 21.0 Å². The molecule has 3 rings (SSSR count). The van der Waals surface area contributed by atoms with Crippen LogP contribution in [0.5, 0.6) is 0 Å². The highest BCUT2D eigenvalue weighted by Crippen LogP contribution is 2.33. The van der Waals surface area contributed by atoms with E-state index in [-0.39, 0.29) is 33.6 Å². The van der Waals surface area contributed by atoms with E-state index >= 15 is 0 Å². The Bertz CT molecular complexity index is 1280. The van der Waals surface area contributed by atoms with Gasteiger partial charge in [-0.15, -0.1) is 11.3 Å². The third kappa shape index (κ3) is 3.92. The summed E-state index contributed by atoms with van der Waals surface area (Å²) in [6.45, 7) is 1.86. The summed E-state index contributed by atoms with van der Waals surface area (Å²) in [5, 5.41) is 10.8. The normalized spacial score (nSPS) is 11.5. The van der Waals surface area contributed by atoms with E-state index in [1.807, 2.05) is 6.92 Å². The summed E-state index contributed by atoms with van der Waals surface area (Å²) >= 11 is 13.4. The molecule has 0 aliphatic heterocycles. The number of hydrogen-bond donors (Lipinski definition) is 1. The molecule has 0 atom stereocenters. The fraction of sp³-hybridized carbons (Fsp3) is 0.444. The number of hydrogen-bond acceptors (Lipinski definition) is 7. The highest BCUT2D eigenvalue weighted by molar-refractivity contribution is 7.19. The largest absolute Gasteiger partial charge is 0.388 e. The fourth-order valence-electron chi connectivity index (χ4n) is 3.24. The van der Waals surface area contributed by atoms with Crippen molar-refractivity contribution >= 4 is 50.7 Å². The van der Waals surface area contributed by atoms with Crippen LogP contribution in [0.1, 0.15) is 34.4 Å². The van der Waals surface area contributed by atoms with Gasteiger partial charge in [-0.3, -0.25) is 23.6 Å². The second-order valence-corrected chi connectivity index (χ2v) is 8.52. The van der Waals surface area contributed by atoms with E-state index in [1.54, 1.807) is 0 Å². The molecule has 0 aromatic carbocycles. The number of aliphatic hydroxyl groups excluding tert-OH is 1. The first-order valence-electron chi connectivity index (χ1n) is 9.26. The molecule has 1 amide bonds. The minimum Gasteiger partial charge on any atom is -0.388 e. The topological polar surface area (TPSA) is 112 Å². The molecule has 3 aromatic rings. The van der Waals surface area contributed by atoms with Gasteiger partial charge in [0, 0.05) is 25.5 Å². The van der Waals surface area contributed by atoms with Crippen molar-refractivity contribution in [1.82, 2.24) is 23.7 Å². The number of thiophene rings is 1. The van der Waals surface area contributed by atoms with Crippen molar-refractivity contribution in [3.63, 3.8) is 0 Å². The molecule has 13 heteroatoms. The van der Waals surface area contributed by atoms with Crippen molar-refractivity contribution in [3.8, 4) is 0 Å². The second-order valence-electron chi connectivity index (χ2n) is 6.72. The summed E-state index contributed by atoms with van der Waals surface area (Å²) in [5.41, 5.74) is -0.953. The van der Waals surface area contributed by atoms with Crippen LogP contribution < -0.4 is 11.2 Å². The van der Waals surface area contributed by atoms with E-state index in [1.165, 1.54) is 30.3 Å². The third-order valence-corrected chi connectivity index (χ3v) is 6.79.